The lowest BCUT2D eigenvalue weighted by Gasteiger charge is -2.28. The van der Waals surface area contributed by atoms with Crippen molar-refractivity contribution < 1.29 is 0 Å². The minimum atomic E-state index is -0.116. The van der Waals surface area contributed by atoms with Gasteiger partial charge in [-0.3, -0.25) is 0 Å². The van der Waals surface area contributed by atoms with Gasteiger partial charge in [-0.2, -0.15) is 0 Å². The van der Waals surface area contributed by atoms with Gasteiger partial charge in [0.05, 0.1) is 21.4 Å². The van der Waals surface area contributed by atoms with Gasteiger partial charge in [-0.05, 0) is 53.1 Å². The number of thiophene rings is 1. The topological polar surface area (TPSA) is 4.93 Å². The van der Waals surface area contributed by atoms with Crippen LogP contribution >= 0.6 is 34.9 Å². The standard InChI is InChI=1S/C39H25NS3/c1-39(2)27-20-18-24-22-10-3-5-13-28(22)40(29-14-9-12-25-23-11-4-6-15-30(23)42-37(25)29)36(24)34(27)26-19-21-33-38(35(26)39)43-32-17-8-7-16-31(32)41-33/h3-21H,1-2H3. The molecule has 204 valence electrons. The first kappa shape index (κ1) is 24.5. The van der Waals surface area contributed by atoms with Crippen LogP contribution in [0.3, 0.4) is 0 Å². The Morgan fingerprint density at radius 1 is 0.581 bits per heavy atom. The maximum Gasteiger partial charge on any atom is 0.0641 e. The van der Waals surface area contributed by atoms with Crippen LogP contribution < -0.4 is 0 Å². The quantitative estimate of drug-likeness (QED) is 0.184. The summed E-state index contributed by atoms with van der Waals surface area (Å²) in [6.45, 7) is 4.85. The van der Waals surface area contributed by atoms with Gasteiger partial charge in [-0.1, -0.05) is 116 Å². The van der Waals surface area contributed by atoms with Crippen LogP contribution in [0.2, 0.25) is 0 Å². The summed E-state index contributed by atoms with van der Waals surface area (Å²) < 4.78 is 5.25. The zero-order valence-corrected chi connectivity index (χ0v) is 26.1. The number of aromatic nitrogens is 1. The molecule has 10 rings (SSSR count). The molecule has 1 nitrogen and oxygen atoms in total. The highest BCUT2D eigenvalue weighted by atomic mass is 32.2. The molecule has 0 bridgehead atoms. The second kappa shape index (κ2) is 8.57. The van der Waals surface area contributed by atoms with Crippen molar-refractivity contribution in [3.8, 4) is 16.8 Å². The molecule has 8 aromatic rings. The molecule has 0 N–H and O–H groups in total. The molecule has 0 atom stereocenters. The Morgan fingerprint density at radius 2 is 1.33 bits per heavy atom. The number of benzene rings is 6. The van der Waals surface area contributed by atoms with Gasteiger partial charge in [-0.25, -0.2) is 0 Å². The SMILES string of the molecule is CC1(C)c2ccc3c4ccccc4n(-c4cccc5c4sc4ccccc45)c3c2-c2ccc3c(c21)Sc1ccccc1S3. The lowest BCUT2D eigenvalue weighted by molar-refractivity contribution is 0.642. The summed E-state index contributed by atoms with van der Waals surface area (Å²) in [6.07, 6.45) is 0. The van der Waals surface area contributed by atoms with Crippen LogP contribution in [0.15, 0.2) is 135 Å². The normalized spacial score (nSPS) is 14.7. The third-order valence-electron chi connectivity index (χ3n) is 9.43. The minimum Gasteiger partial charge on any atom is -0.307 e. The molecular weight excluding hydrogens is 579 g/mol. The first-order chi connectivity index (χ1) is 21.1. The average Bonchev–Trinajstić information content (AvgIpc) is 3.66. The number of hydrogen-bond donors (Lipinski definition) is 0. The highest BCUT2D eigenvalue weighted by Gasteiger charge is 2.41. The van der Waals surface area contributed by atoms with E-state index in [9.17, 15) is 0 Å². The summed E-state index contributed by atoms with van der Waals surface area (Å²) in [5, 5.41) is 5.30. The molecule has 43 heavy (non-hydrogen) atoms. The van der Waals surface area contributed by atoms with Crippen LogP contribution in [-0.4, -0.2) is 4.57 Å². The van der Waals surface area contributed by atoms with Crippen molar-refractivity contribution in [1.82, 2.24) is 4.57 Å². The molecule has 4 heteroatoms. The van der Waals surface area contributed by atoms with E-state index >= 15 is 0 Å². The third kappa shape index (κ3) is 3.16. The van der Waals surface area contributed by atoms with Crippen molar-refractivity contribution in [2.24, 2.45) is 0 Å². The van der Waals surface area contributed by atoms with Crippen LogP contribution in [0.4, 0.5) is 0 Å². The van der Waals surface area contributed by atoms with E-state index < -0.39 is 0 Å². The summed E-state index contributed by atoms with van der Waals surface area (Å²) >= 11 is 5.77. The molecule has 0 spiro atoms. The number of fused-ring (bicyclic) bond motifs is 13. The Kier molecular flexibility index (Phi) is 4.88. The van der Waals surface area contributed by atoms with E-state index in [2.05, 4.69) is 134 Å². The van der Waals surface area contributed by atoms with Gasteiger partial charge in [-0.15, -0.1) is 11.3 Å². The van der Waals surface area contributed by atoms with Gasteiger partial charge in [0.15, 0.2) is 0 Å². The summed E-state index contributed by atoms with van der Waals surface area (Å²) in [6, 6.07) is 43.0. The lowest BCUT2D eigenvalue weighted by atomic mass is 9.82. The predicted octanol–water partition coefficient (Wildman–Crippen LogP) is 12.1. The van der Waals surface area contributed by atoms with Crippen molar-refractivity contribution in [3.63, 3.8) is 0 Å². The molecule has 2 aromatic heterocycles. The first-order valence-corrected chi connectivity index (χ1v) is 17.1. The van der Waals surface area contributed by atoms with E-state index in [0.29, 0.717) is 0 Å². The molecule has 0 saturated carbocycles. The molecule has 3 heterocycles. The molecule has 1 aliphatic carbocycles. The van der Waals surface area contributed by atoms with E-state index in [0.717, 1.165) is 0 Å². The van der Waals surface area contributed by atoms with Gasteiger partial charge >= 0.3 is 0 Å². The maximum atomic E-state index is 2.57. The van der Waals surface area contributed by atoms with E-state index in [4.69, 9.17) is 0 Å². The van der Waals surface area contributed by atoms with Crippen LogP contribution in [0, 0.1) is 0 Å². The van der Waals surface area contributed by atoms with Crippen molar-refractivity contribution in [2.75, 3.05) is 0 Å². The number of hydrogen-bond acceptors (Lipinski definition) is 3. The third-order valence-corrected chi connectivity index (χ3v) is 13.2. The van der Waals surface area contributed by atoms with Gasteiger partial charge < -0.3 is 4.57 Å². The Hall–Kier alpha value is -3.96. The minimum absolute atomic E-state index is 0.116. The fraction of sp³-hybridized carbons (Fsp3) is 0.0769. The Balaban J connectivity index is 1.34. The zero-order valence-electron chi connectivity index (χ0n) is 23.6. The molecule has 6 aromatic carbocycles. The van der Waals surface area contributed by atoms with E-state index in [-0.39, 0.29) is 5.41 Å². The maximum absolute atomic E-state index is 2.57. The smallest absolute Gasteiger partial charge is 0.0641 e. The molecule has 1 aliphatic heterocycles. The summed E-state index contributed by atoms with van der Waals surface area (Å²) in [4.78, 5) is 5.50. The van der Waals surface area contributed by atoms with Gasteiger partial charge in [0.1, 0.15) is 0 Å². The zero-order chi connectivity index (χ0) is 28.4. The van der Waals surface area contributed by atoms with E-state index in [1.54, 1.807) is 0 Å². The van der Waals surface area contributed by atoms with Crippen LogP contribution in [-0.2, 0) is 5.41 Å². The molecule has 0 radical (unpaired) electrons. The highest BCUT2D eigenvalue weighted by molar-refractivity contribution is 8.05. The summed E-state index contributed by atoms with van der Waals surface area (Å²) in [7, 11) is 0. The Labute approximate surface area is 262 Å². The van der Waals surface area contributed by atoms with Crippen molar-refractivity contribution >= 4 is 76.8 Å². The number of para-hydroxylation sites is 1. The average molecular weight is 604 g/mol. The monoisotopic (exact) mass is 603 g/mol. The fourth-order valence-electron chi connectivity index (χ4n) is 7.57. The van der Waals surface area contributed by atoms with Crippen molar-refractivity contribution in [3.05, 3.63) is 126 Å². The van der Waals surface area contributed by atoms with Gasteiger partial charge in [0, 0.05) is 56.8 Å². The summed E-state index contributed by atoms with van der Waals surface area (Å²) in [5.41, 5.74) is 9.39. The molecular formula is C39H25NS3. The van der Waals surface area contributed by atoms with E-state index in [1.165, 1.54) is 89.5 Å². The Bertz CT molecular complexity index is 2490. The summed E-state index contributed by atoms with van der Waals surface area (Å²) in [5.74, 6) is 0. The van der Waals surface area contributed by atoms with Crippen molar-refractivity contribution in [1.29, 1.82) is 0 Å². The molecule has 0 fully saturated rings. The lowest BCUT2D eigenvalue weighted by Crippen LogP contribution is -2.17. The second-order valence-electron chi connectivity index (χ2n) is 12.1. The van der Waals surface area contributed by atoms with E-state index in [1.807, 2.05) is 34.9 Å². The van der Waals surface area contributed by atoms with Gasteiger partial charge in [0.2, 0.25) is 0 Å². The Morgan fingerprint density at radius 3 is 2.21 bits per heavy atom. The van der Waals surface area contributed by atoms with Gasteiger partial charge in [0.25, 0.3) is 0 Å². The van der Waals surface area contributed by atoms with Crippen molar-refractivity contribution in [2.45, 2.75) is 38.8 Å². The molecule has 0 unspecified atom stereocenters. The van der Waals surface area contributed by atoms with Crippen LogP contribution in [0.1, 0.15) is 25.0 Å². The predicted molar refractivity (Wildman–Crippen MR) is 186 cm³/mol. The molecule has 0 amide bonds. The number of rotatable bonds is 1. The van der Waals surface area contributed by atoms with Crippen LogP contribution in [0.25, 0.3) is 58.8 Å². The fourth-order valence-corrected chi connectivity index (χ4v) is 11.3. The highest BCUT2D eigenvalue weighted by Crippen LogP contribution is 2.60. The first-order valence-electron chi connectivity index (χ1n) is 14.7. The van der Waals surface area contributed by atoms with Crippen LogP contribution in [0.5, 0.6) is 0 Å². The molecule has 2 aliphatic rings. The second-order valence-corrected chi connectivity index (χ2v) is 15.3. The number of nitrogens with zero attached hydrogens (tertiary/aromatic N) is 1. The molecule has 0 saturated heterocycles. The largest absolute Gasteiger partial charge is 0.307 e.